The first-order valence-corrected chi connectivity index (χ1v) is 6.52. The number of hydrogen-bond acceptors (Lipinski definition) is 8. The highest BCUT2D eigenvalue weighted by atomic mass is 16.6. The molecule has 9 heteroatoms. The number of imidazole rings is 1. The van der Waals surface area contributed by atoms with Crippen molar-refractivity contribution in [1.29, 1.82) is 0 Å². The number of rotatable bonds is 3. The fraction of sp³-hybridized carbons (Fsp3) is 0.583. The number of hydrogen-bond donors (Lipinski definition) is 4. The number of anilines is 1. The summed E-state index contributed by atoms with van der Waals surface area (Å²) in [5, 5.41) is 32.5. The van der Waals surface area contributed by atoms with Gasteiger partial charge in [-0.05, 0) is 6.92 Å². The minimum atomic E-state index is -1.24. The fourth-order valence-electron chi connectivity index (χ4n) is 2.51. The van der Waals surface area contributed by atoms with Crippen LogP contribution >= 0.6 is 0 Å². The fourth-order valence-corrected chi connectivity index (χ4v) is 2.51. The van der Waals surface area contributed by atoms with Crippen LogP contribution in [-0.2, 0) is 4.74 Å². The Labute approximate surface area is 120 Å². The molecule has 0 radical (unpaired) electrons. The lowest BCUT2D eigenvalue weighted by atomic mass is 9.99. The van der Waals surface area contributed by atoms with Gasteiger partial charge in [-0.3, -0.25) is 4.57 Å². The van der Waals surface area contributed by atoms with E-state index < -0.39 is 30.6 Å². The van der Waals surface area contributed by atoms with Crippen LogP contribution < -0.4 is 5.32 Å². The van der Waals surface area contributed by atoms with Crippen molar-refractivity contribution in [2.24, 2.45) is 0 Å². The maximum Gasteiger partial charge on any atom is 0.167 e. The van der Waals surface area contributed by atoms with Crippen LogP contribution in [0.1, 0.15) is 13.2 Å². The molecule has 3 rings (SSSR count). The van der Waals surface area contributed by atoms with Gasteiger partial charge in [0.05, 0.1) is 12.9 Å². The zero-order valence-electron chi connectivity index (χ0n) is 11.6. The Balaban J connectivity index is 2.06. The minimum absolute atomic E-state index is 0.412. The van der Waals surface area contributed by atoms with E-state index in [0.29, 0.717) is 17.0 Å². The van der Waals surface area contributed by atoms with Gasteiger partial charge in [-0.25, -0.2) is 15.0 Å². The van der Waals surface area contributed by atoms with E-state index in [1.54, 1.807) is 7.05 Å². The molecule has 9 nitrogen and oxygen atoms in total. The highest BCUT2D eigenvalue weighted by Crippen LogP contribution is 2.38. The molecule has 2 aromatic heterocycles. The number of ether oxygens (including phenoxy) is 1. The highest BCUT2D eigenvalue weighted by Gasteiger charge is 2.52. The van der Waals surface area contributed by atoms with E-state index in [1.165, 1.54) is 24.1 Å². The molecule has 4 atom stereocenters. The summed E-state index contributed by atoms with van der Waals surface area (Å²) >= 11 is 0. The number of aromatic nitrogens is 4. The molecular formula is C12H17N5O4. The predicted molar refractivity (Wildman–Crippen MR) is 72.5 cm³/mol. The summed E-state index contributed by atoms with van der Waals surface area (Å²) in [7, 11) is 1.72. The van der Waals surface area contributed by atoms with Crippen LogP contribution in [0.2, 0.25) is 0 Å². The summed E-state index contributed by atoms with van der Waals surface area (Å²) < 4.78 is 7.16. The molecule has 0 spiro atoms. The Morgan fingerprint density at radius 2 is 2.14 bits per heavy atom. The number of aliphatic hydroxyl groups excluding tert-OH is 3. The molecule has 0 aromatic carbocycles. The molecule has 1 aliphatic rings. The van der Waals surface area contributed by atoms with E-state index in [1.807, 2.05) is 0 Å². The van der Waals surface area contributed by atoms with Crippen LogP contribution in [0.4, 0.5) is 5.82 Å². The van der Waals surface area contributed by atoms with Crippen molar-refractivity contribution in [3.05, 3.63) is 12.7 Å². The summed E-state index contributed by atoms with van der Waals surface area (Å²) in [6.45, 7) is 1.12. The average molecular weight is 295 g/mol. The average Bonchev–Trinajstić information content (AvgIpc) is 3.02. The molecule has 21 heavy (non-hydrogen) atoms. The molecule has 3 heterocycles. The standard InChI is InChI=1S/C12H17N5O4/c1-12(3-18)8(20)7(19)11(21-12)17-5-16-6-9(13-2)14-4-15-10(6)17/h4-5,7-8,11,18-20H,3H2,1-2H3,(H,13,14,15)/t7?,8?,11?,12-/m1/s1. The summed E-state index contributed by atoms with van der Waals surface area (Å²) in [5.41, 5.74) is -0.241. The highest BCUT2D eigenvalue weighted by molar-refractivity contribution is 5.82. The van der Waals surface area contributed by atoms with E-state index in [-0.39, 0.29) is 0 Å². The molecule has 0 aliphatic carbocycles. The number of nitrogens with one attached hydrogen (secondary N) is 1. The van der Waals surface area contributed by atoms with Crippen molar-refractivity contribution in [3.8, 4) is 0 Å². The van der Waals surface area contributed by atoms with Crippen molar-refractivity contribution in [1.82, 2.24) is 19.5 Å². The number of aliphatic hydroxyl groups is 3. The van der Waals surface area contributed by atoms with E-state index >= 15 is 0 Å². The Kier molecular flexibility index (Phi) is 3.29. The van der Waals surface area contributed by atoms with E-state index in [2.05, 4.69) is 20.3 Å². The quantitative estimate of drug-likeness (QED) is 0.560. The molecule has 1 fully saturated rings. The van der Waals surface area contributed by atoms with Gasteiger partial charge < -0.3 is 25.4 Å². The van der Waals surface area contributed by atoms with Crippen LogP contribution in [0.15, 0.2) is 12.7 Å². The molecule has 0 bridgehead atoms. The number of nitrogens with zero attached hydrogens (tertiary/aromatic N) is 4. The Hall–Kier alpha value is -1.81. The minimum Gasteiger partial charge on any atom is -0.393 e. The monoisotopic (exact) mass is 295 g/mol. The Morgan fingerprint density at radius 3 is 2.76 bits per heavy atom. The van der Waals surface area contributed by atoms with Crippen LogP contribution in [0.5, 0.6) is 0 Å². The third-order valence-corrected chi connectivity index (χ3v) is 3.81. The molecule has 1 saturated heterocycles. The van der Waals surface area contributed by atoms with Gasteiger partial charge in [0.2, 0.25) is 0 Å². The van der Waals surface area contributed by atoms with Gasteiger partial charge >= 0.3 is 0 Å². The topological polar surface area (TPSA) is 126 Å². The zero-order valence-corrected chi connectivity index (χ0v) is 11.6. The largest absolute Gasteiger partial charge is 0.393 e. The number of fused-ring (bicyclic) bond motifs is 1. The lowest BCUT2D eigenvalue weighted by Gasteiger charge is -2.24. The van der Waals surface area contributed by atoms with Gasteiger partial charge in [-0.2, -0.15) is 0 Å². The van der Waals surface area contributed by atoms with Crippen LogP contribution in [0.3, 0.4) is 0 Å². The van der Waals surface area contributed by atoms with Gasteiger partial charge in [-0.15, -0.1) is 0 Å². The van der Waals surface area contributed by atoms with Gasteiger partial charge in [0.15, 0.2) is 17.7 Å². The molecule has 1 aliphatic heterocycles. The third-order valence-electron chi connectivity index (χ3n) is 3.81. The van der Waals surface area contributed by atoms with Gasteiger partial charge in [0, 0.05) is 7.05 Å². The third kappa shape index (κ3) is 1.97. The SMILES string of the molecule is CNc1ncnc2c1ncn2C1O[C@](C)(CO)C(O)C1O. The molecule has 0 saturated carbocycles. The second kappa shape index (κ2) is 4.88. The maximum absolute atomic E-state index is 10.2. The molecular weight excluding hydrogens is 278 g/mol. The van der Waals surface area contributed by atoms with Crippen LogP contribution in [-0.4, -0.2) is 66.3 Å². The first-order valence-electron chi connectivity index (χ1n) is 6.52. The Bertz CT molecular complexity index is 662. The summed E-state index contributed by atoms with van der Waals surface area (Å²) in [6, 6.07) is 0. The molecule has 2 aromatic rings. The zero-order chi connectivity index (χ0) is 15.2. The molecule has 3 unspecified atom stereocenters. The van der Waals surface area contributed by atoms with Gasteiger partial charge in [-0.1, -0.05) is 0 Å². The predicted octanol–water partition coefficient (Wildman–Crippen LogP) is -1.13. The van der Waals surface area contributed by atoms with Crippen molar-refractivity contribution in [3.63, 3.8) is 0 Å². The first-order chi connectivity index (χ1) is 10.0. The normalized spacial score (nSPS) is 32.7. The lowest BCUT2D eigenvalue weighted by Crippen LogP contribution is -2.43. The Morgan fingerprint density at radius 1 is 1.38 bits per heavy atom. The first kappa shape index (κ1) is 14.1. The van der Waals surface area contributed by atoms with Crippen molar-refractivity contribution in [2.45, 2.75) is 31.0 Å². The second-order valence-corrected chi connectivity index (χ2v) is 5.21. The molecule has 0 amide bonds. The van der Waals surface area contributed by atoms with E-state index in [9.17, 15) is 15.3 Å². The van der Waals surface area contributed by atoms with Crippen molar-refractivity contribution >= 4 is 17.0 Å². The second-order valence-electron chi connectivity index (χ2n) is 5.21. The maximum atomic E-state index is 10.2. The van der Waals surface area contributed by atoms with Gasteiger partial charge in [0.25, 0.3) is 0 Å². The smallest absolute Gasteiger partial charge is 0.167 e. The van der Waals surface area contributed by atoms with E-state index in [4.69, 9.17) is 4.74 Å². The van der Waals surface area contributed by atoms with Crippen molar-refractivity contribution < 1.29 is 20.1 Å². The summed E-state index contributed by atoms with van der Waals surface area (Å²) in [4.78, 5) is 12.4. The summed E-state index contributed by atoms with van der Waals surface area (Å²) in [6.07, 6.45) is -0.468. The van der Waals surface area contributed by atoms with Crippen molar-refractivity contribution in [2.75, 3.05) is 19.0 Å². The summed E-state index contributed by atoms with van der Waals surface area (Å²) in [5.74, 6) is 0.553. The van der Waals surface area contributed by atoms with Crippen LogP contribution in [0.25, 0.3) is 11.2 Å². The molecule has 4 N–H and O–H groups in total. The molecule has 114 valence electrons. The van der Waals surface area contributed by atoms with E-state index in [0.717, 1.165) is 0 Å². The van der Waals surface area contributed by atoms with Gasteiger partial charge in [0.1, 0.15) is 29.7 Å². The lowest BCUT2D eigenvalue weighted by molar-refractivity contribution is -0.115. The van der Waals surface area contributed by atoms with Crippen LogP contribution in [0, 0.1) is 0 Å².